The Balaban J connectivity index is 1.43. The summed E-state index contributed by atoms with van der Waals surface area (Å²) in [5.41, 5.74) is -0.535. The highest BCUT2D eigenvalue weighted by atomic mass is 19.1. The van der Waals surface area contributed by atoms with Crippen LogP contribution in [0.3, 0.4) is 0 Å². The fourth-order valence-electron chi connectivity index (χ4n) is 4.75. The number of piperidine rings is 1. The van der Waals surface area contributed by atoms with Gasteiger partial charge in [-0.2, -0.15) is 5.10 Å². The van der Waals surface area contributed by atoms with Crippen molar-refractivity contribution in [1.82, 2.24) is 30.0 Å². The highest BCUT2D eigenvalue weighted by molar-refractivity contribution is 5.92. The number of pyridine rings is 1. The van der Waals surface area contributed by atoms with E-state index in [2.05, 4.69) is 20.2 Å². The van der Waals surface area contributed by atoms with E-state index in [0.29, 0.717) is 38.4 Å². The monoisotopic (exact) mass is 398 g/mol. The highest BCUT2D eigenvalue weighted by Gasteiger charge is 2.55. The van der Waals surface area contributed by atoms with Gasteiger partial charge in [0.05, 0.1) is 5.41 Å². The molecule has 5 rings (SSSR count). The van der Waals surface area contributed by atoms with Crippen LogP contribution in [0.25, 0.3) is 0 Å². The van der Waals surface area contributed by atoms with Gasteiger partial charge >= 0.3 is 0 Å². The molecule has 4 heterocycles. The number of H-pyrrole nitrogens is 1. The van der Waals surface area contributed by atoms with E-state index in [4.69, 9.17) is 0 Å². The van der Waals surface area contributed by atoms with E-state index in [-0.39, 0.29) is 28.9 Å². The van der Waals surface area contributed by atoms with Crippen molar-refractivity contribution in [3.8, 4) is 0 Å². The number of amides is 2. The average Bonchev–Trinajstić information content (AvgIpc) is 3.36. The molecule has 2 aromatic rings. The molecule has 3 aliphatic rings. The summed E-state index contributed by atoms with van der Waals surface area (Å²) in [6.45, 7) is 3.87. The standard InChI is InChI=1S/C20H23FN6O2/c1-12-23-19(25-24-12)20-6-8-26(18(29)16-15(21)3-2-7-22-16)9-14(20)10-27(11-20)17(28)13-4-5-13/h2-3,7,13-14H,4-6,8-11H2,1H3,(H,23,24,25)/t14-,20-/m1/s1. The molecule has 1 saturated carbocycles. The first-order valence-corrected chi connectivity index (χ1v) is 10.1. The lowest BCUT2D eigenvalue weighted by atomic mass is 9.72. The van der Waals surface area contributed by atoms with E-state index in [0.717, 1.165) is 18.7 Å². The number of halogens is 1. The predicted octanol–water partition coefficient (Wildman–Crippen LogP) is 1.30. The Morgan fingerprint density at radius 1 is 1.28 bits per heavy atom. The second kappa shape index (κ2) is 6.60. The van der Waals surface area contributed by atoms with E-state index in [1.807, 2.05) is 11.8 Å². The quantitative estimate of drug-likeness (QED) is 0.841. The van der Waals surface area contributed by atoms with Crippen molar-refractivity contribution in [3.05, 3.63) is 41.5 Å². The van der Waals surface area contributed by atoms with Crippen LogP contribution in [0.1, 0.15) is 41.4 Å². The van der Waals surface area contributed by atoms with Crippen LogP contribution in [0.4, 0.5) is 4.39 Å². The maximum atomic E-state index is 14.1. The van der Waals surface area contributed by atoms with Crippen LogP contribution in [0.2, 0.25) is 0 Å². The summed E-state index contributed by atoms with van der Waals surface area (Å²) in [6, 6.07) is 2.72. The van der Waals surface area contributed by atoms with Crippen molar-refractivity contribution < 1.29 is 14.0 Å². The van der Waals surface area contributed by atoms with Crippen molar-refractivity contribution in [2.24, 2.45) is 11.8 Å². The minimum Gasteiger partial charge on any atom is -0.341 e. The largest absolute Gasteiger partial charge is 0.341 e. The molecule has 3 fully saturated rings. The zero-order chi connectivity index (χ0) is 20.2. The Morgan fingerprint density at radius 3 is 2.76 bits per heavy atom. The molecule has 1 aliphatic carbocycles. The maximum Gasteiger partial charge on any atom is 0.275 e. The van der Waals surface area contributed by atoms with Crippen LogP contribution >= 0.6 is 0 Å². The molecule has 2 aromatic heterocycles. The molecule has 9 heteroatoms. The third kappa shape index (κ3) is 2.99. The summed E-state index contributed by atoms with van der Waals surface area (Å²) in [6.07, 6.45) is 3.96. The van der Waals surface area contributed by atoms with Crippen molar-refractivity contribution in [3.63, 3.8) is 0 Å². The third-order valence-electron chi connectivity index (χ3n) is 6.49. The molecule has 0 unspecified atom stereocenters. The molecule has 2 amide bonds. The van der Waals surface area contributed by atoms with Crippen LogP contribution in [-0.4, -0.2) is 68.0 Å². The number of nitrogens with one attached hydrogen (secondary N) is 1. The van der Waals surface area contributed by atoms with Crippen molar-refractivity contribution in [1.29, 1.82) is 0 Å². The van der Waals surface area contributed by atoms with E-state index >= 15 is 0 Å². The highest BCUT2D eigenvalue weighted by Crippen LogP contribution is 2.45. The van der Waals surface area contributed by atoms with Gasteiger partial charge in [0.1, 0.15) is 5.82 Å². The van der Waals surface area contributed by atoms with Gasteiger partial charge in [-0.05, 0) is 38.3 Å². The molecule has 152 valence electrons. The normalized spacial score (nSPS) is 26.5. The van der Waals surface area contributed by atoms with Crippen LogP contribution in [0, 0.1) is 24.6 Å². The van der Waals surface area contributed by atoms with Gasteiger partial charge in [-0.15, -0.1) is 0 Å². The lowest BCUT2D eigenvalue weighted by Crippen LogP contribution is -2.52. The van der Waals surface area contributed by atoms with Crippen LogP contribution in [0.15, 0.2) is 18.3 Å². The summed E-state index contributed by atoms with van der Waals surface area (Å²) in [7, 11) is 0. The van der Waals surface area contributed by atoms with Crippen molar-refractivity contribution in [2.75, 3.05) is 26.2 Å². The van der Waals surface area contributed by atoms with Gasteiger partial charge in [-0.25, -0.2) is 14.4 Å². The maximum absolute atomic E-state index is 14.1. The number of rotatable bonds is 3. The van der Waals surface area contributed by atoms with E-state index in [9.17, 15) is 14.0 Å². The number of carbonyl (C=O) groups is 2. The number of hydrogen-bond acceptors (Lipinski definition) is 5. The van der Waals surface area contributed by atoms with Gasteiger partial charge in [0.25, 0.3) is 5.91 Å². The number of aromatic nitrogens is 4. The first-order chi connectivity index (χ1) is 14.0. The summed E-state index contributed by atoms with van der Waals surface area (Å²) in [4.78, 5) is 37.7. The lowest BCUT2D eigenvalue weighted by molar-refractivity contribution is -0.131. The number of aryl methyl sites for hydroxylation is 1. The minimum atomic E-state index is -0.615. The Labute approximate surface area is 167 Å². The second-order valence-electron chi connectivity index (χ2n) is 8.43. The lowest BCUT2D eigenvalue weighted by Gasteiger charge is -2.41. The molecule has 29 heavy (non-hydrogen) atoms. The zero-order valence-corrected chi connectivity index (χ0v) is 16.3. The molecule has 0 bridgehead atoms. The number of fused-ring (bicyclic) bond motifs is 1. The smallest absolute Gasteiger partial charge is 0.275 e. The first kappa shape index (κ1) is 18.2. The molecule has 2 aliphatic heterocycles. The van der Waals surface area contributed by atoms with Crippen molar-refractivity contribution >= 4 is 11.8 Å². The fraction of sp³-hybridized carbons (Fsp3) is 0.550. The minimum absolute atomic E-state index is 0.00451. The van der Waals surface area contributed by atoms with Gasteiger partial charge in [0, 0.05) is 44.2 Å². The second-order valence-corrected chi connectivity index (χ2v) is 8.43. The average molecular weight is 398 g/mol. The van der Waals surface area contributed by atoms with Crippen LogP contribution in [0.5, 0.6) is 0 Å². The molecule has 0 aromatic carbocycles. The van der Waals surface area contributed by atoms with Crippen molar-refractivity contribution in [2.45, 2.75) is 31.6 Å². The third-order valence-corrected chi connectivity index (χ3v) is 6.49. The van der Waals surface area contributed by atoms with Crippen LogP contribution in [-0.2, 0) is 10.2 Å². The van der Waals surface area contributed by atoms with Gasteiger partial charge in [0.2, 0.25) is 5.91 Å². The zero-order valence-electron chi connectivity index (χ0n) is 16.3. The number of aromatic amines is 1. The molecule has 0 spiro atoms. The van der Waals surface area contributed by atoms with E-state index in [1.165, 1.54) is 18.3 Å². The Bertz CT molecular complexity index is 973. The van der Waals surface area contributed by atoms with E-state index in [1.54, 1.807) is 4.90 Å². The molecule has 2 atom stereocenters. The Kier molecular flexibility index (Phi) is 4.15. The van der Waals surface area contributed by atoms with Crippen LogP contribution < -0.4 is 0 Å². The molecule has 0 radical (unpaired) electrons. The van der Waals surface area contributed by atoms with Gasteiger partial charge in [0.15, 0.2) is 17.3 Å². The number of nitrogens with zero attached hydrogens (tertiary/aromatic N) is 5. The fourth-order valence-corrected chi connectivity index (χ4v) is 4.75. The molecular weight excluding hydrogens is 375 g/mol. The number of hydrogen-bond donors (Lipinski definition) is 1. The molecule has 2 saturated heterocycles. The summed E-state index contributed by atoms with van der Waals surface area (Å²) in [5, 5.41) is 7.33. The first-order valence-electron chi connectivity index (χ1n) is 10.1. The van der Waals surface area contributed by atoms with Gasteiger partial charge < -0.3 is 9.80 Å². The summed E-state index contributed by atoms with van der Waals surface area (Å²) < 4.78 is 14.1. The SMILES string of the molecule is Cc1nc([C@@]23CCN(C(=O)c4ncccc4F)C[C@@H]2CN(C(=O)C2CC2)C3)n[nH]1. The summed E-state index contributed by atoms with van der Waals surface area (Å²) in [5.74, 6) is 0.757. The molecular formula is C20H23FN6O2. The molecule has 8 nitrogen and oxygen atoms in total. The van der Waals surface area contributed by atoms with Gasteiger partial charge in [-0.3, -0.25) is 14.7 Å². The molecule has 1 N–H and O–H groups in total. The topological polar surface area (TPSA) is 95.1 Å². The Hall–Kier alpha value is -2.84. The number of likely N-dealkylation sites (tertiary alicyclic amines) is 2. The van der Waals surface area contributed by atoms with Gasteiger partial charge in [-0.1, -0.05) is 0 Å². The predicted molar refractivity (Wildman–Crippen MR) is 100 cm³/mol. The van der Waals surface area contributed by atoms with E-state index < -0.39 is 11.7 Å². The Morgan fingerprint density at radius 2 is 2.07 bits per heavy atom. The number of carbonyl (C=O) groups excluding carboxylic acids is 2. The summed E-state index contributed by atoms with van der Waals surface area (Å²) >= 11 is 0.